The molecule has 3 heterocycles. The van der Waals surface area contributed by atoms with E-state index >= 15 is 0 Å². The Labute approximate surface area is 193 Å². The van der Waals surface area contributed by atoms with Crippen molar-refractivity contribution in [3.05, 3.63) is 52.6 Å². The molecule has 2 atom stereocenters. The highest BCUT2D eigenvalue weighted by molar-refractivity contribution is 6.02. The van der Waals surface area contributed by atoms with Gasteiger partial charge in [0.1, 0.15) is 11.5 Å². The predicted octanol–water partition coefficient (Wildman–Crippen LogP) is 3.45. The van der Waals surface area contributed by atoms with Gasteiger partial charge in [-0.25, -0.2) is 0 Å². The summed E-state index contributed by atoms with van der Waals surface area (Å²) < 4.78 is 11.5. The Kier molecular flexibility index (Phi) is 5.35. The van der Waals surface area contributed by atoms with Crippen LogP contribution in [-0.2, 0) is 16.0 Å². The maximum absolute atomic E-state index is 13.1. The zero-order valence-electron chi connectivity index (χ0n) is 19.1. The first-order valence-electron chi connectivity index (χ1n) is 11.5. The van der Waals surface area contributed by atoms with Crippen LogP contribution < -0.4 is 14.8 Å². The minimum atomic E-state index is -0.550. The summed E-state index contributed by atoms with van der Waals surface area (Å²) in [6, 6.07) is 9.28. The van der Waals surface area contributed by atoms with Gasteiger partial charge in [-0.1, -0.05) is 6.07 Å². The summed E-state index contributed by atoms with van der Waals surface area (Å²) in [5.74, 6) is 1.03. The maximum Gasteiger partial charge on any atom is 0.265 e. The number of carbonyl (C=O) groups is 3. The molecule has 5 rings (SSSR count). The molecule has 0 aliphatic carbocycles. The summed E-state index contributed by atoms with van der Waals surface area (Å²) in [7, 11) is 0. The second-order valence-corrected chi connectivity index (χ2v) is 9.28. The van der Waals surface area contributed by atoms with Gasteiger partial charge >= 0.3 is 0 Å². The predicted molar refractivity (Wildman–Crippen MR) is 123 cm³/mol. The molecule has 0 aromatic heterocycles. The smallest absolute Gasteiger partial charge is 0.265 e. The highest BCUT2D eigenvalue weighted by Crippen LogP contribution is 2.34. The number of rotatable bonds is 3. The van der Waals surface area contributed by atoms with Crippen LogP contribution in [-0.4, -0.2) is 47.8 Å². The Morgan fingerprint density at radius 2 is 1.73 bits per heavy atom. The van der Waals surface area contributed by atoms with Crippen molar-refractivity contribution in [2.75, 3.05) is 18.4 Å². The van der Waals surface area contributed by atoms with Crippen LogP contribution in [0.5, 0.6) is 11.5 Å². The lowest BCUT2D eigenvalue weighted by Gasteiger charge is -2.33. The van der Waals surface area contributed by atoms with E-state index < -0.39 is 12.2 Å². The second kappa shape index (κ2) is 8.21. The molecule has 1 N–H and O–H groups in total. The number of hydrogen-bond donors (Lipinski definition) is 1. The van der Waals surface area contributed by atoms with E-state index in [2.05, 4.69) is 18.3 Å². The molecule has 0 bridgehead atoms. The van der Waals surface area contributed by atoms with Crippen LogP contribution in [0.1, 0.15) is 46.8 Å². The molecule has 7 nitrogen and oxygen atoms in total. The van der Waals surface area contributed by atoms with Crippen molar-refractivity contribution in [3.63, 3.8) is 0 Å². The van der Waals surface area contributed by atoms with Gasteiger partial charge in [-0.15, -0.1) is 0 Å². The number of carbonyl (C=O) groups excluding carboxylic acids is 3. The first kappa shape index (κ1) is 21.5. The number of hydrogen-bond acceptors (Lipinski definition) is 5. The molecule has 7 heteroatoms. The molecular formula is C26H28N2O5. The highest BCUT2D eigenvalue weighted by atomic mass is 16.5. The lowest BCUT2D eigenvalue weighted by Crippen LogP contribution is -2.46. The summed E-state index contributed by atoms with van der Waals surface area (Å²) in [6.45, 7) is 6.86. The topological polar surface area (TPSA) is 84.9 Å². The number of amides is 2. The van der Waals surface area contributed by atoms with Gasteiger partial charge < -0.3 is 19.7 Å². The lowest BCUT2D eigenvalue weighted by atomic mass is 9.88. The molecule has 0 saturated carbocycles. The van der Waals surface area contributed by atoms with E-state index in [1.807, 2.05) is 17.9 Å². The molecule has 0 radical (unpaired) electrons. The molecular weight excluding hydrogens is 420 g/mol. The monoisotopic (exact) mass is 448 g/mol. The lowest BCUT2D eigenvalue weighted by molar-refractivity contribution is -0.139. The number of ether oxygens (including phenoxy) is 2. The molecule has 3 aliphatic heterocycles. The number of likely N-dealkylation sites (tertiary alicyclic amines) is 1. The molecule has 2 aromatic rings. The number of nitrogens with zero attached hydrogens (tertiary/aromatic N) is 1. The van der Waals surface area contributed by atoms with Crippen LogP contribution in [0.3, 0.4) is 0 Å². The quantitative estimate of drug-likeness (QED) is 0.727. The summed E-state index contributed by atoms with van der Waals surface area (Å²) in [6.07, 6.45) is 0.778. The molecule has 1 saturated heterocycles. The zero-order valence-corrected chi connectivity index (χ0v) is 19.1. The van der Waals surface area contributed by atoms with Crippen LogP contribution in [0.15, 0.2) is 30.3 Å². The van der Waals surface area contributed by atoms with Gasteiger partial charge in [0.15, 0.2) is 18.0 Å². The number of Topliss-reactive ketones (excluding diaryl/α,β-unsaturated/α-hetero) is 1. The van der Waals surface area contributed by atoms with E-state index in [9.17, 15) is 14.4 Å². The summed E-state index contributed by atoms with van der Waals surface area (Å²) >= 11 is 0. The van der Waals surface area contributed by atoms with Gasteiger partial charge in [0.2, 0.25) is 0 Å². The molecule has 3 aliphatic rings. The third kappa shape index (κ3) is 3.96. The third-order valence-electron chi connectivity index (χ3n) is 7.00. The van der Waals surface area contributed by atoms with Crippen molar-refractivity contribution in [3.8, 4) is 11.5 Å². The van der Waals surface area contributed by atoms with Crippen molar-refractivity contribution < 1.29 is 23.9 Å². The van der Waals surface area contributed by atoms with E-state index in [1.165, 1.54) is 5.56 Å². The Hall–Kier alpha value is -3.35. The highest BCUT2D eigenvalue weighted by Gasteiger charge is 2.36. The average molecular weight is 449 g/mol. The van der Waals surface area contributed by atoms with Gasteiger partial charge in [-0.3, -0.25) is 14.4 Å². The van der Waals surface area contributed by atoms with Crippen molar-refractivity contribution in [1.29, 1.82) is 0 Å². The van der Waals surface area contributed by atoms with Gasteiger partial charge in [-0.05, 0) is 74.6 Å². The Balaban J connectivity index is 1.20. The van der Waals surface area contributed by atoms with E-state index in [4.69, 9.17) is 9.47 Å². The molecule has 172 valence electrons. The molecule has 2 unspecified atom stereocenters. The minimum Gasteiger partial charge on any atom is -0.480 e. The number of piperidine rings is 1. The minimum absolute atomic E-state index is 0.00448. The van der Waals surface area contributed by atoms with Gasteiger partial charge in [0.05, 0.1) is 5.69 Å². The van der Waals surface area contributed by atoms with Crippen molar-refractivity contribution >= 4 is 23.3 Å². The zero-order chi connectivity index (χ0) is 23.3. The maximum atomic E-state index is 13.1. The SMILES string of the molecule is Cc1cc2c(cc1C)OC(C(=O)N1CCC(C(=O)c3ccc4c(c3)NC(=O)C(C)O4)CC1)C2. The van der Waals surface area contributed by atoms with Crippen LogP contribution >= 0.6 is 0 Å². The van der Waals surface area contributed by atoms with Gasteiger partial charge in [-0.2, -0.15) is 0 Å². The number of benzene rings is 2. The summed E-state index contributed by atoms with van der Waals surface area (Å²) in [5, 5.41) is 2.79. The standard InChI is InChI=1S/C26H28N2O5/c1-14-10-19-13-23(33-22(19)11-15(14)2)26(31)28-8-6-17(7-9-28)24(29)18-4-5-21-20(12-18)27-25(30)16(3)32-21/h4-5,10-12,16-17,23H,6-9,13H2,1-3H3,(H,27,30). The number of aryl methyl sites for hydroxylation is 2. The van der Waals surface area contributed by atoms with Crippen LogP contribution in [0.2, 0.25) is 0 Å². The third-order valence-corrected chi connectivity index (χ3v) is 7.00. The number of ketones is 1. The largest absolute Gasteiger partial charge is 0.480 e. The fraction of sp³-hybridized carbons (Fsp3) is 0.423. The first-order valence-corrected chi connectivity index (χ1v) is 11.5. The van der Waals surface area contributed by atoms with Crippen molar-refractivity contribution in [2.45, 2.75) is 52.2 Å². The normalized spacial score (nSPS) is 22.0. The Morgan fingerprint density at radius 3 is 2.48 bits per heavy atom. The first-order chi connectivity index (χ1) is 15.8. The summed E-state index contributed by atoms with van der Waals surface area (Å²) in [4.78, 5) is 39.9. The van der Waals surface area contributed by atoms with E-state index in [0.717, 1.165) is 16.9 Å². The molecule has 1 fully saturated rings. The van der Waals surface area contributed by atoms with E-state index in [1.54, 1.807) is 25.1 Å². The average Bonchev–Trinajstić information content (AvgIpc) is 3.21. The van der Waals surface area contributed by atoms with Crippen LogP contribution in [0.25, 0.3) is 0 Å². The Morgan fingerprint density at radius 1 is 1.00 bits per heavy atom. The van der Waals surface area contributed by atoms with Crippen molar-refractivity contribution in [1.82, 2.24) is 4.90 Å². The fourth-order valence-corrected chi connectivity index (χ4v) is 4.81. The Bertz CT molecular complexity index is 1120. The molecule has 2 amide bonds. The fourth-order valence-electron chi connectivity index (χ4n) is 4.81. The number of anilines is 1. The van der Waals surface area contributed by atoms with Gasteiger partial charge in [0, 0.05) is 31.0 Å². The molecule has 0 spiro atoms. The van der Waals surface area contributed by atoms with E-state index in [-0.39, 0.29) is 23.5 Å². The molecule has 33 heavy (non-hydrogen) atoms. The van der Waals surface area contributed by atoms with Crippen LogP contribution in [0, 0.1) is 19.8 Å². The van der Waals surface area contributed by atoms with Crippen LogP contribution in [0.4, 0.5) is 5.69 Å². The second-order valence-electron chi connectivity index (χ2n) is 9.28. The number of fused-ring (bicyclic) bond motifs is 2. The van der Waals surface area contributed by atoms with Gasteiger partial charge in [0.25, 0.3) is 11.8 Å². The summed E-state index contributed by atoms with van der Waals surface area (Å²) in [5.41, 5.74) is 4.52. The van der Waals surface area contributed by atoms with E-state index in [0.29, 0.717) is 49.4 Å². The molecule has 2 aromatic carbocycles. The van der Waals surface area contributed by atoms with Crippen molar-refractivity contribution in [2.24, 2.45) is 5.92 Å². The number of nitrogens with one attached hydrogen (secondary N) is 1.